The fraction of sp³-hybridized carbons (Fsp3) is 0.273. The zero-order valence-corrected chi connectivity index (χ0v) is 9.41. The maximum Gasteiger partial charge on any atom is 0.234 e. The van der Waals surface area contributed by atoms with Crippen molar-refractivity contribution in [3.8, 4) is 0 Å². The molecule has 15 heavy (non-hydrogen) atoms. The van der Waals surface area contributed by atoms with Crippen molar-refractivity contribution >= 4 is 29.0 Å². The first-order chi connectivity index (χ1) is 7.00. The van der Waals surface area contributed by atoms with Crippen molar-refractivity contribution in [2.75, 3.05) is 11.9 Å². The molecule has 0 saturated heterocycles. The highest BCUT2D eigenvalue weighted by atomic mass is 35.5. The van der Waals surface area contributed by atoms with Crippen molar-refractivity contribution in [1.29, 1.82) is 0 Å². The number of carbonyl (C=O) groups is 2. The van der Waals surface area contributed by atoms with Gasteiger partial charge in [-0.25, -0.2) is 0 Å². The molecule has 80 valence electrons. The topological polar surface area (TPSA) is 37.4 Å². The number of amides is 1. The summed E-state index contributed by atoms with van der Waals surface area (Å²) in [5, 5.41) is 0.617. The molecule has 0 aromatic heterocycles. The Morgan fingerprint density at radius 2 is 1.80 bits per heavy atom. The van der Waals surface area contributed by atoms with Gasteiger partial charge < -0.3 is 4.90 Å². The fourth-order valence-electron chi connectivity index (χ4n) is 1.14. The molecule has 4 heteroatoms. The van der Waals surface area contributed by atoms with Gasteiger partial charge in [0.25, 0.3) is 0 Å². The first-order valence-electron chi connectivity index (χ1n) is 4.52. The highest BCUT2D eigenvalue weighted by Crippen LogP contribution is 2.17. The summed E-state index contributed by atoms with van der Waals surface area (Å²) in [6.45, 7) is 1.40. The Bertz CT molecular complexity index is 373. The zero-order valence-electron chi connectivity index (χ0n) is 8.66. The minimum atomic E-state index is -0.218. The van der Waals surface area contributed by atoms with Gasteiger partial charge in [-0.1, -0.05) is 11.6 Å². The average Bonchev–Trinajstić information content (AvgIpc) is 2.17. The summed E-state index contributed by atoms with van der Waals surface area (Å²) in [6, 6.07) is 6.88. The van der Waals surface area contributed by atoms with Crippen molar-refractivity contribution in [2.45, 2.75) is 13.3 Å². The maximum absolute atomic E-state index is 11.5. The molecular weight excluding hydrogens is 214 g/mol. The predicted octanol–water partition coefficient (Wildman–Crippen LogP) is 2.28. The third-order valence-corrected chi connectivity index (χ3v) is 2.24. The average molecular weight is 226 g/mol. The molecule has 3 nitrogen and oxygen atoms in total. The molecule has 0 heterocycles. The fourth-order valence-corrected chi connectivity index (χ4v) is 1.27. The Kier molecular flexibility index (Phi) is 3.86. The van der Waals surface area contributed by atoms with Gasteiger partial charge in [-0.3, -0.25) is 9.59 Å². The SMILES string of the molecule is CC(=O)CC(=O)N(C)c1ccc(Cl)cc1. The number of benzene rings is 1. The lowest BCUT2D eigenvalue weighted by Crippen LogP contribution is -2.27. The molecule has 1 amide bonds. The van der Waals surface area contributed by atoms with E-state index in [9.17, 15) is 9.59 Å². The number of nitrogens with zero attached hydrogens (tertiary/aromatic N) is 1. The van der Waals surface area contributed by atoms with Gasteiger partial charge in [-0.2, -0.15) is 0 Å². The number of ketones is 1. The molecule has 0 aliphatic rings. The van der Waals surface area contributed by atoms with Crippen LogP contribution in [0.15, 0.2) is 24.3 Å². The summed E-state index contributed by atoms with van der Waals surface area (Å²) in [4.78, 5) is 23.7. The van der Waals surface area contributed by atoms with Crippen LogP contribution in [-0.2, 0) is 9.59 Å². The molecule has 1 aromatic rings. The molecule has 0 radical (unpaired) electrons. The molecule has 1 aromatic carbocycles. The monoisotopic (exact) mass is 225 g/mol. The van der Waals surface area contributed by atoms with Crippen LogP contribution in [0, 0.1) is 0 Å². The Morgan fingerprint density at radius 3 is 2.27 bits per heavy atom. The maximum atomic E-state index is 11.5. The number of Topliss-reactive ketones (excluding diaryl/α,β-unsaturated/α-hetero) is 1. The Labute approximate surface area is 93.6 Å². The van der Waals surface area contributed by atoms with E-state index in [-0.39, 0.29) is 18.1 Å². The molecule has 0 saturated carbocycles. The lowest BCUT2D eigenvalue weighted by Gasteiger charge is -2.16. The standard InChI is InChI=1S/C11H12ClNO2/c1-8(14)7-11(15)13(2)10-5-3-9(12)4-6-10/h3-6H,7H2,1-2H3. The van der Waals surface area contributed by atoms with Gasteiger partial charge in [0.1, 0.15) is 5.78 Å². The second-order valence-electron chi connectivity index (χ2n) is 3.31. The molecule has 0 fully saturated rings. The van der Waals surface area contributed by atoms with Gasteiger partial charge in [0.05, 0.1) is 6.42 Å². The van der Waals surface area contributed by atoms with Gasteiger partial charge in [0.15, 0.2) is 0 Å². The molecular formula is C11H12ClNO2. The highest BCUT2D eigenvalue weighted by molar-refractivity contribution is 6.30. The van der Waals surface area contributed by atoms with E-state index in [1.807, 2.05) is 0 Å². The van der Waals surface area contributed by atoms with Crippen LogP contribution in [0.2, 0.25) is 5.02 Å². The van der Waals surface area contributed by atoms with Gasteiger partial charge in [0, 0.05) is 17.8 Å². The van der Waals surface area contributed by atoms with Crippen LogP contribution >= 0.6 is 11.6 Å². The van der Waals surface area contributed by atoms with Crippen molar-refractivity contribution < 1.29 is 9.59 Å². The molecule has 0 aliphatic carbocycles. The van der Waals surface area contributed by atoms with Gasteiger partial charge in [-0.15, -0.1) is 0 Å². The van der Waals surface area contributed by atoms with Gasteiger partial charge in [0.2, 0.25) is 5.91 Å². The summed E-state index contributed by atoms with van der Waals surface area (Å²) in [7, 11) is 1.63. The molecule has 0 atom stereocenters. The Hall–Kier alpha value is -1.35. The molecule has 0 unspecified atom stereocenters. The first-order valence-corrected chi connectivity index (χ1v) is 4.90. The van der Waals surface area contributed by atoms with E-state index in [0.29, 0.717) is 5.02 Å². The van der Waals surface area contributed by atoms with E-state index < -0.39 is 0 Å². The number of rotatable bonds is 3. The Morgan fingerprint density at radius 1 is 1.27 bits per heavy atom. The second kappa shape index (κ2) is 4.94. The van der Waals surface area contributed by atoms with Crippen LogP contribution in [0.25, 0.3) is 0 Å². The van der Waals surface area contributed by atoms with Crippen LogP contribution in [0.3, 0.4) is 0 Å². The van der Waals surface area contributed by atoms with E-state index in [4.69, 9.17) is 11.6 Å². The van der Waals surface area contributed by atoms with Crippen molar-refractivity contribution in [3.05, 3.63) is 29.3 Å². The van der Waals surface area contributed by atoms with Crippen molar-refractivity contribution in [1.82, 2.24) is 0 Å². The molecule has 0 spiro atoms. The lowest BCUT2D eigenvalue weighted by molar-refractivity contribution is -0.125. The zero-order chi connectivity index (χ0) is 11.4. The van der Waals surface area contributed by atoms with E-state index in [0.717, 1.165) is 5.69 Å². The summed E-state index contributed by atoms with van der Waals surface area (Å²) in [5.41, 5.74) is 0.727. The summed E-state index contributed by atoms with van der Waals surface area (Å²) in [5.74, 6) is -0.356. The van der Waals surface area contributed by atoms with Crippen LogP contribution in [0.1, 0.15) is 13.3 Å². The second-order valence-corrected chi connectivity index (χ2v) is 3.74. The number of anilines is 1. The normalized spacial score (nSPS) is 9.80. The van der Waals surface area contributed by atoms with E-state index in [2.05, 4.69) is 0 Å². The van der Waals surface area contributed by atoms with Crippen molar-refractivity contribution in [2.24, 2.45) is 0 Å². The molecule has 0 bridgehead atoms. The highest BCUT2D eigenvalue weighted by Gasteiger charge is 2.12. The van der Waals surface area contributed by atoms with E-state index in [1.54, 1.807) is 31.3 Å². The third kappa shape index (κ3) is 3.36. The number of hydrogen-bond acceptors (Lipinski definition) is 2. The summed E-state index contributed by atoms with van der Waals surface area (Å²) in [6.07, 6.45) is -0.0703. The van der Waals surface area contributed by atoms with E-state index >= 15 is 0 Å². The molecule has 0 aliphatic heterocycles. The van der Waals surface area contributed by atoms with Gasteiger partial charge >= 0.3 is 0 Å². The van der Waals surface area contributed by atoms with E-state index in [1.165, 1.54) is 11.8 Å². The van der Waals surface area contributed by atoms with Crippen molar-refractivity contribution in [3.63, 3.8) is 0 Å². The first kappa shape index (κ1) is 11.7. The third-order valence-electron chi connectivity index (χ3n) is 1.99. The molecule has 1 rings (SSSR count). The van der Waals surface area contributed by atoms with Crippen LogP contribution in [0.4, 0.5) is 5.69 Å². The largest absolute Gasteiger partial charge is 0.315 e. The quantitative estimate of drug-likeness (QED) is 0.741. The van der Waals surface area contributed by atoms with Crippen LogP contribution in [-0.4, -0.2) is 18.7 Å². The summed E-state index contributed by atoms with van der Waals surface area (Å²) >= 11 is 5.72. The van der Waals surface area contributed by atoms with Gasteiger partial charge in [-0.05, 0) is 31.2 Å². The number of carbonyl (C=O) groups excluding carboxylic acids is 2. The van der Waals surface area contributed by atoms with Crippen LogP contribution in [0.5, 0.6) is 0 Å². The predicted molar refractivity (Wildman–Crippen MR) is 60.2 cm³/mol. The van der Waals surface area contributed by atoms with Crippen LogP contribution < -0.4 is 4.90 Å². The minimum absolute atomic E-state index is 0.0703. The Balaban J connectivity index is 2.76. The number of hydrogen-bond donors (Lipinski definition) is 0. The number of halogens is 1. The lowest BCUT2D eigenvalue weighted by atomic mass is 10.2. The minimum Gasteiger partial charge on any atom is -0.315 e. The summed E-state index contributed by atoms with van der Waals surface area (Å²) < 4.78 is 0. The smallest absolute Gasteiger partial charge is 0.234 e. The molecule has 0 N–H and O–H groups in total.